The number of carbonyl (C=O) groups is 1. The van der Waals surface area contributed by atoms with Crippen molar-refractivity contribution in [2.24, 2.45) is 0 Å². The minimum atomic E-state index is 0.113. The summed E-state index contributed by atoms with van der Waals surface area (Å²) in [5.74, 6) is 1.16. The Labute approximate surface area is 151 Å². The molecular weight excluding hydrogens is 330 g/mol. The standard InChI is InChI=1S/C19H21N5O2/c1-13-10-14(2)24(21-13)16-11-23(12-16)18(25)9-8-17-20-19(22-26-17)15-6-4-3-5-7-15/h3-7,10,16H,8-9,11-12H2,1-2H3. The highest BCUT2D eigenvalue weighted by Gasteiger charge is 2.33. The van der Waals surface area contributed by atoms with Crippen LogP contribution in [0, 0.1) is 13.8 Å². The number of amides is 1. The molecule has 1 saturated heterocycles. The van der Waals surface area contributed by atoms with E-state index in [9.17, 15) is 4.79 Å². The van der Waals surface area contributed by atoms with Gasteiger partial charge in [0.25, 0.3) is 0 Å². The van der Waals surface area contributed by atoms with Gasteiger partial charge in [-0.1, -0.05) is 35.5 Å². The number of carbonyl (C=O) groups excluding carboxylic acids is 1. The van der Waals surface area contributed by atoms with Gasteiger partial charge in [-0.05, 0) is 19.9 Å². The maximum absolute atomic E-state index is 12.3. The van der Waals surface area contributed by atoms with Gasteiger partial charge in [0, 0.05) is 37.2 Å². The average Bonchev–Trinajstić information content (AvgIpc) is 3.19. The zero-order chi connectivity index (χ0) is 18.1. The molecule has 1 aromatic carbocycles. The Hall–Kier alpha value is -2.96. The fourth-order valence-electron chi connectivity index (χ4n) is 3.26. The lowest BCUT2D eigenvalue weighted by molar-refractivity contribution is -0.137. The van der Waals surface area contributed by atoms with Crippen molar-refractivity contribution in [3.63, 3.8) is 0 Å². The molecule has 2 aromatic heterocycles. The molecule has 0 saturated carbocycles. The molecule has 3 aromatic rings. The molecule has 0 atom stereocenters. The molecule has 26 heavy (non-hydrogen) atoms. The normalized spacial score (nSPS) is 14.5. The molecule has 0 unspecified atom stereocenters. The lowest BCUT2D eigenvalue weighted by atomic mass is 10.1. The van der Waals surface area contributed by atoms with Crippen LogP contribution in [0.15, 0.2) is 40.9 Å². The van der Waals surface area contributed by atoms with E-state index in [-0.39, 0.29) is 11.9 Å². The third kappa shape index (κ3) is 3.24. The molecule has 1 aliphatic heterocycles. The molecule has 1 aliphatic rings. The second-order valence-electron chi connectivity index (χ2n) is 6.70. The van der Waals surface area contributed by atoms with Gasteiger partial charge in [-0.2, -0.15) is 10.1 Å². The Morgan fingerprint density at radius 3 is 2.69 bits per heavy atom. The summed E-state index contributed by atoms with van der Waals surface area (Å²) in [6.45, 7) is 5.45. The fourth-order valence-corrected chi connectivity index (χ4v) is 3.26. The average molecular weight is 351 g/mol. The predicted molar refractivity (Wildman–Crippen MR) is 95.4 cm³/mol. The zero-order valence-corrected chi connectivity index (χ0v) is 14.9. The number of benzene rings is 1. The van der Waals surface area contributed by atoms with E-state index in [2.05, 4.69) is 21.3 Å². The van der Waals surface area contributed by atoms with Crippen LogP contribution in [-0.4, -0.2) is 43.8 Å². The van der Waals surface area contributed by atoms with Crippen LogP contribution in [0.5, 0.6) is 0 Å². The summed E-state index contributed by atoms with van der Waals surface area (Å²) in [6.07, 6.45) is 0.833. The number of rotatable bonds is 5. The number of likely N-dealkylation sites (tertiary alicyclic amines) is 1. The van der Waals surface area contributed by atoms with E-state index < -0.39 is 0 Å². The van der Waals surface area contributed by atoms with Crippen molar-refractivity contribution in [1.82, 2.24) is 24.8 Å². The fraction of sp³-hybridized carbons (Fsp3) is 0.368. The number of aryl methyl sites for hydroxylation is 3. The van der Waals surface area contributed by atoms with Gasteiger partial charge in [-0.15, -0.1) is 0 Å². The molecule has 7 heteroatoms. The molecule has 7 nitrogen and oxygen atoms in total. The predicted octanol–water partition coefficient (Wildman–Crippen LogP) is 2.57. The molecule has 1 fully saturated rings. The topological polar surface area (TPSA) is 77.0 Å². The van der Waals surface area contributed by atoms with Gasteiger partial charge in [0.15, 0.2) is 0 Å². The maximum Gasteiger partial charge on any atom is 0.227 e. The molecule has 3 heterocycles. The Kier molecular flexibility index (Phi) is 4.28. The highest BCUT2D eigenvalue weighted by Crippen LogP contribution is 2.24. The second kappa shape index (κ2) is 6.74. The molecular formula is C19H21N5O2. The van der Waals surface area contributed by atoms with Crippen molar-refractivity contribution in [3.05, 3.63) is 53.7 Å². The summed E-state index contributed by atoms with van der Waals surface area (Å²) < 4.78 is 7.28. The molecule has 0 bridgehead atoms. The maximum atomic E-state index is 12.3. The lowest BCUT2D eigenvalue weighted by Crippen LogP contribution is -2.51. The highest BCUT2D eigenvalue weighted by molar-refractivity contribution is 5.77. The largest absolute Gasteiger partial charge is 0.339 e. The minimum Gasteiger partial charge on any atom is -0.339 e. The Bertz CT molecular complexity index is 909. The van der Waals surface area contributed by atoms with Gasteiger partial charge < -0.3 is 9.42 Å². The van der Waals surface area contributed by atoms with E-state index >= 15 is 0 Å². The van der Waals surface area contributed by atoms with Gasteiger partial charge in [-0.25, -0.2) is 0 Å². The number of nitrogens with zero attached hydrogens (tertiary/aromatic N) is 5. The van der Waals surface area contributed by atoms with E-state index in [1.165, 1.54) is 0 Å². The van der Waals surface area contributed by atoms with Crippen LogP contribution in [0.2, 0.25) is 0 Å². The van der Waals surface area contributed by atoms with E-state index in [1.807, 2.05) is 53.8 Å². The second-order valence-corrected chi connectivity index (χ2v) is 6.70. The third-order valence-corrected chi connectivity index (χ3v) is 4.66. The van der Waals surface area contributed by atoms with Crippen molar-refractivity contribution >= 4 is 5.91 Å². The molecule has 0 spiro atoms. The van der Waals surface area contributed by atoms with Crippen LogP contribution in [-0.2, 0) is 11.2 Å². The van der Waals surface area contributed by atoms with E-state index in [4.69, 9.17) is 4.52 Å². The SMILES string of the molecule is Cc1cc(C)n(C2CN(C(=O)CCc3nc(-c4ccccc4)no3)C2)n1. The minimum absolute atomic E-state index is 0.113. The van der Waals surface area contributed by atoms with E-state index in [0.717, 1.165) is 17.0 Å². The number of hydrogen-bond acceptors (Lipinski definition) is 5. The molecule has 0 N–H and O–H groups in total. The van der Waals surface area contributed by atoms with Crippen molar-refractivity contribution in [2.45, 2.75) is 32.7 Å². The van der Waals surface area contributed by atoms with Crippen molar-refractivity contribution < 1.29 is 9.32 Å². The van der Waals surface area contributed by atoms with Crippen LogP contribution >= 0.6 is 0 Å². The summed E-state index contributed by atoms with van der Waals surface area (Å²) in [5, 5.41) is 8.48. The van der Waals surface area contributed by atoms with Crippen LogP contribution in [0.4, 0.5) is 0 Å². The summed E-state index contributed by atoms with van der Waals surface area (Å²) in [6, 6.07) is 12.0. The molecule has 0 aliphatic carbocycles. The van der Waals surface area contributed by atoms with Gasteiger partial charge in [0.2, 0.25) is 17.6 Å². The van der Waals surface area contributed by atoms with Crippen molar-refractivity contribution in [3.8, 4) is 11.4 Å². The Morgan fingerprint density at radius 1 is 1.23 bits per heavy atom. The van der Waals surface area contributed by atoms with Gasteiger partial charge >= 0.3 is 0 Å². The Morgan fingerprint density at radius 2 is 2.00 bits per heavy atom. The van der Waals surface area contributed by atoms with Crippen LogP contribution < -0.4 is 0 Å². The molecule has 134 valence electrons. The first-order chi connectivity index (χ1) is 12.6. The first-order valence-corrected chi connectivity index (χ1v) is 8.78. The van der Waals surface area contributed by atoms with Crippen LogP contribution in [0.1, 0.15) is 29.7 Å². The van der Waals surface area contributed by atoms with Crippen molar-refractivity contribution in [2.75, 3.05) is 13.1 Å². The first kappa shape index (κ1) is 16.5. The van der Waals surface area contributed by atoms with E-state index in [1.54, 1.807) is 0 Å². The van der Waals surface area contributed by atoms with Gasteiger partial charge in [-0.3, -0.25) is 9.48 Å². The quantitative estimate of drug-likeness (QED) is 0.706. The first-order valence-electron chi connectivity index (χ1n) is 8.78. The highest BCUT2D eigenvalue weighted by atomic mass is 16.5. The van der Waals surface area contributed by atoms with Crippen LogP contribution in [0.3, 0.4) is 0 Å². The summed E-state index contributed by atoms with van der Waals surface area (Å²) in [4.78, 5) is 18.6. The number of aromatic nitrogens is 4. The molecule has 1 amide bonds. The zero-order valence-electron chi connectivity index (χ0n) is 14.9. The lowest BCUT2D eigenvalue weighted by Gasteiger charge is -2.39. The molecule has 0 radical (unpaired) electrons. The van der Waals surface area contributed by atoms with E-state index in [0.29, 0.717) is 37.6 Å². The van der Waals surface area contributed by atoms with Crippen molar-refractivity contribution in [1.29, 1.82) is 0 Å². The monoisotopic (exact) mass is 351 g/mol. The summed E-state index contributed by atoms with van der Waals surface area (Å²) in [7, 11) is 0. The van der Waals surface area contributed by atoms with Gasteiger partial charge in [0.05, 0.1) is 11.7 Å². The summed E-state index contributed by atoms with van der Waals surface area (Å²) >= 11 is 0. The summed E-state index contributed by atoms with van der Waals surface area (Å²) in [5.41, 5.74) is 3.06. The van der Waals surface area contributed by atoms with Gasteiger partial charge in [0.1, 0.15) is 0 Å². The smallest absolute Gasteiger partial charge is 0.227 e. The Balaban J connectivity index is 1.29. The van der Waals surface area contributed by atoms with Crippen LogP contribution in [0.25, 0.3) is 11.4 Å². The number of hydrogen-bond donors (Lipinski definition) is 0. The third-order valence-electron chi connectivity index (χ3n) is 4.66. The molecule has 4 rings (SSSR count).